The second-order valence-electron chi connectivity index (χ2n) is 7.09. The van der Waals surface area contributed by atoms with Crippen LogP contribution in [0.5, 0.6) is 0 Å². The molecule has 0 saturated heterocycles. The Bertz CT molecular complexity index is 859. The number of urea groups is 1. The van der Waals surface area contributed by atoms with Crippen LogP contribution in [0, 0.1) is 6.92 Å². The van der Waals surface area contributed by atoms with Crippen LogP contribution in [0.2, 0.25) is 0 Å². The predicted octanol–water partition coefficient (Wildman–Crippen LogP) is 5.26. The highest BCUT2D eigenvalue weighted by molar-refractivity contribution is 6.05. The van der Waals surface area contributed by atoms with Crippen molar-refractivity contribution in [2.45, 2.75) is 39.0 Å². The molecule has 0 heterocycles. The third kappa shape index (κ3) is 5.71. The topological polar surface area (TPSA) is 70.2 Å². The Balaban J connectivity index is 1.55. The molecule has 3 N–H and O–H groups in total. The molecule has 0 fully saturated rings. The molecule has 0 saturated carbocycles. The number of aryl methyl sites for hydroxylation is 1. The van der Waals surface area contributed by atoms with Crippen molar-refractivity contribution in [2.75, 3.05) is 17.2 Å². The average Bonchev–Trinajstić information content (AvgIpc) is 2.71. The van der Waals surface area contributed by atoms with E-state index < -0.39 is 0 Å². The van der Waals surface area contributed by atoms with Crippen molar-refractivity contribution in [3.8, 4) is 0 Å². The zero-order chi connectivity index (χ0) is 19.8. The van der Waals surface area contributed by atoms with Crippen molar-refractivity contribution in [1.29, 1.82) is 0 Å². The predicted molar refractivity (Wildman–Crippen MR) is 114 cm³/mol. The second-order valence-corrected chi connectivity index (χ2v) is 7.09. The SMILES string of the molecule is Cc1ccc(C(=O)Nc2ccccc2)cc1NC(=O)NCCC1=CCCCC1. The monoisotopic (exact) mass is 377 g/mol. The number of anilines is 2. The molecule has 28 heavy (non-hydrogen) atoms. The summed E-state index contributed by atoms with van der Waals surface area (Å²) < 4.78 is 0. The van der Waals surface area contributed by atoms with E-state index in [0.717, 1.165) is 30.5 Å². The first kappa shape index (κ1) is 19.7. The standard InChI is InChI=1S/C23H27N3O2/c1-17-12-13-19(22(27)25-20-10-6-3-7-11-20)16-21(17)26-23(28)24-15-14-18-8-4-2-5-9-18/h3,6-8,10-13,16H,2,4-5,9,14-15H2,1H3,(H,25,27)(H2,24,26,28). The van der Waals surface area contributed by atoms with E-state index in [1.807, 2.05) is 43.3 Å². The lowest BCUT2D eigenvalue weighted by Gasteiger charge is -2.14. The summed E-state index contributed by atoms with van der Waals surface area (Å²) in [5, 5.41) is 8.62. The Hall–Kier alpha value is -3.08. The minimum atomic E-state index is -0.250. The van der Waals surface area contributed by atoms with Gasteiger partial charge >= 0.3 is 6.03 Å². The molecule has 5 nitrogen and oxygen atoms in total. The Kier molecular flexibility index (Phi) is 6.84. The van der Waals surface area contributed by atoms with Crippen LogP contribution in [0.15, 0.2) is 60.2 Å². The van der Waals surface area contributed by atoms with Gasteiger partial charge in [-0.2, -0.15) is 0 Å². The lowest BCUT2D eigenvalue weighted by Crippen LogP contribution is -2.30. The van der Waals surface area contributed by atoms with Crippen molar-refractivity contribution in [1.82, 2.24) is 5.32 Å². The zero-order valence-electron chi connectivity index (χ0n) is 16.3. The Morgan fingerprint density at radius 3 is 2.57 bits per heavy atom. The molecule has 1 aliphatic rings. The Morgan fingerprint density at radius 1 is 1.00 bits per heavy atom. The summed E-state index contributed by atoms with van der Waals surface area (Å²) in [4.78, 5) is 24.7. The molecule has 0 unspecified atom stereocenters. The minimum Gasteiger partial charge on any atom is -0.338 e. The average molecular weight is 377 g/mol. The molecule has 0 aliphatic heterocycles. The van der Waals surface area contributed by atoms with Crippen LogP contribution < -0.4 is 16.0 Å². The molecule has 1 aliphatic carbocycles. The molecule has 0 radical (unpaired) electrons. The fourth-order valence-electron chi connectivity index (χ4n) is 3.26. The highest BCUT2D eigenvalue weighted by Crippen LogP contribution is 2.20. The van der Waals surface area contributed by atoms with E-state index in [0.29, 0.717) is 17.8 Å². The summed E-state index contributed by atoms with van der Waals surface area (Å²) >= 11 is 0. The maximum atomic E-state index is 12.5. The van der Waals surface area contributed by atoms with E-state index in [1.165, 1.54) is 18.4 Å². The number of allylic oxidation sites excluding steroid dienone is 1. The van der Waals surface area contributed by atoms with Gasteiger partial charge in [0.25, 0.3) is 5.91 Å². The minimum absolute atomic E-state index is 0.209. The first-order valence-electron chi connectivity index (χ1n) is 9.81. The lowest BCUT2D eigenvalue weighted by molar-refractivity contribution is 0.102. The van der Waals surface area contributed by atoms with Crippen LogP contribution in [0.25, 0.3) is 0 Å². The number of nitrogens with one attached hydrogen (secondary N) is 3. The lowest BCUT2D eigenvalue weighted by atomic mass is 9.97. The summed E-state index contributed by atoms with van der Waals surface area (Å²) in [6, 6.07) is 14.3. The summed E-state index contributed by atoms with van der Waals surface area (Å²) in [7, 11) is 0. The first-order valence-corrected chi connectivity index (χ1v) is 9.81. The van der Waals surface area contributed by atoms with Crippen LogP contribution in [-0.2, 0) is 0 Å². The number of hydrogen-bond acceptors (Lipinski definition) is 2. The maximum absolute atomic E-state index is 12.5. The van der Waals surface area contributed by atoms with E-state index in [4.69, 9.17) is 0 Å². The molecule has 146 valence electrons. The number of carbonyl (C=O) groups excluding carboxylic acids is 2. The van der Waals surface area contributed by atoms with E-state index in [1.54, 1.807) is 12.1 Å². The van der Waals surface area contributed by atoms with Gasteiger partial charge in [0.1, 0.15) is 0 Å². The maximum Gasteiger partial charge on any atom is 0.319 e. The molecule has 0 aromatic heterocycles. The Labute approximate surface area is 166 Å². The van der Waals surface area contributed by atoms with Crippen LogP contribution >= 0.6 is 0 Å². The summed E-state index contributed by atoms with van der Waals surface area (Å²) in [5.74, 6) is -0.209. The molecule has 3 amide bonds. The van der Waals surface area contributed by atoms with Crippen LogP contribution in [0.4, 0.5) is 16.2 Å². The van der Waals surface area contributed by atoms with Crippen LogP contribution in [0.3, 0.4) is 0 Å². The van der Waals surface area contributed by atoms with E-state index >= 15 is 0 Å². The number of amides is 3. The molecular formula is C23H27N3O2. The third-order valence-electron chi connectivity index (χ3n) is 4.90. The summed E-state index contributed by atoms with van der Waals surface area (Å²) in [5.41, 5.74) is 4.20. The van der Waals surface area contributed by atoms with Crippen LogP contribution in [-0.4, -0.2) is 18.5 Å². The van der Waals surface area contributed by atoms with Gasteiger partial charge in [-0.3, -0.25) is 4.79 Å². The number of benzene rings is 2. The molecule has 0 bridgehead atoms. The highest BCUT2D eigenvalue weighted by atomic mass is 16.2. The summed E-state index contributed by atoms with van der Waals surface area (Å²) in [6.07, 6.45) is 7.99. The third-order valence-corrected chi connectivity index (χ3v) is 4.90. The van der Waals surface area contributed by atoms with Gasteiger partial charge in [0.2, 0.25) is 0 Å². The number of carbonyl (C=O) groups is 2. The van der Waals surface area contributed by atoms with Crippen molar-refractivity contribution in [2.24, 2.45) is 0 Å². The van der Waals surface area contributed by atoms with Gasteiger partial charge in [-0.15, -0.1) is 0 Å². The first-order chi connectivity index (χ1) is 13.6. The van der Waals surface area contributed by atoms with Gasteiger partial charge in [-0.1, -0.05) is 35.9 Å². The highest BCUT2D eigenvalue weighted by Gasteiger charge is 2.11. The molecule has 0 spiro atoms. The smallest absolute Gasteiger partial charge is 0.319 e. The van der Waals surface area contributed by atoms with Gasteiger partial charge in [0.15, 0.2) is 0 Å². The number of para-hydroxylation sites is 1. The van der Waals surface area contributed by atoms with E-state index in [2.05, 4.69) is 22.0 Å². The fraction of sp³-hybridized carbons (Fsp3) is 0.304. The molecule has 5 heteroatoms. The van der Waals surface area contributed by atoms with Gasteiger partial charge in [-0.25, -0.2) is 4.79 Å². The van der Waals surface area contributed by atoms with Crippen molar-refractivity contribution in [3.05, 3.63) is 71.3 Å². The van der Waals surface area contributed by atoms with E-state index in [-0.39, 0.29) is 11.9 Å². The van der Waals surface area contributed by atoms with Crippen molar-refractivity contribution < 1.29 is 9.59 Å². The quantitative estimate of drug-likeness (QED) is 0.601. The molecule has 3 rings (SSSR count). The van der Waals surface area contributed by atoms with Gasteiger partial charge in [0, 0.05) is 23.5 Å². The molecular weight excluding hydrogens is 350 g/mol. The number of hydrogen-bond donors (Lipinski definition) is 3. The fourth-order valence-corrected chi connectivity index (χ4v) is 3.26. The molecule has 2 aromatic carbocycles. The van der Waals surface area contributed by atoms with Crippen molar-refractivity contribution in [3.63, 3.8) is 0 Å². The Morgan fingerprint density at radius 2 is 1.82 bits per heavy atom. The van der Waals surface area contributed by atoms with Gasteiger partial charge in [0.05, 0.1) is 0 Å². The van der Waals surface area contributed by atoms with Gasteiger partial charge < -0.3 is 16.0 Å². The number of rotatable bonds is 6. The van der Waals surface area contributed by atoms with Gasteiger partial charge in [-0.05, 0) is 68.9 Å². The summed E-state index contributed by atoms with van der Waals surface area (Å²) in [6.45, 7) is 2.52. The second kappa shape index (κ2) is 9.74. The normalized spacial score (nSPS) is 13.4. The largest absolute Gasteiger partial charge is 0.338 e. The van der Waals surface area contributed by atoms with E-state index in [9.17, 15) is 9.59 Å². The van der Waals surface area contributed by atoms with Crippen LogP contribution in [0.1, 0.15) is 48.0 Å². The van der Waals surface area contributed by atoms with Crippen molar-refractivity contribution >= 4 is 23.3 Å². The molecule has 2 aromatic rings. The molecule has 0 atom stereocenters. The zero-order valence-corrected chi connectivity index (χ0v) is 16.3.